The fourth-order valence-corrected chi connectivity index (χ4v) is 4.42. The molecule has 3 rings (SSSR count). The van der Waals surface area contributed by atoms with Crippen molar-refractivity contribution < 1.29 is 32.2 Å². The minimum atomic E-state index is -3.73. The minimum absolute atomic E-state index is 0.0754. The van der Waals surface area contributed by atoms with Crippen LogP contribution in [0.2, 0.25) is 0 Å². The van der Waals surface area contributed by atoms with Gasteiger partial charge in [0.05, 0.1) is 19.1 Å². The number of rotatable bonds is 12. The molecule has 2 amide bonds. The van der Waals surface area contributed by atoms with Gasteiger partial charge < -0.3 is 24.8 Å². The van der Waals surface area contributed by atoms with Crippen molar-refractivity contribution in [1.29, 1.82) is 0 Å². The van der Waals surface area contributed by atoms with Gasteiger partial charge in [0.2, 0.25) is 15.9 Å². The van der Waals surface area contributed by atoms with E-state index in [1.54, 1.807) is 43.5 Å². The molecule has 0 aliphatic carbocycles. The Morgan fingerprint density at radius 1 is 0.838 bits per heavy atom. The molecule has 0 saturated carbocycles. The molecule has 0 atom stereocenters. The molecule has 0 bridgehead atoms. The van der Waals surface area contributed by atoms with Crippen molar-refractivity contribution in [1.82, 2.24) is 4.72 Å². The molecule has 0 radical (unpaired) electrons. The summed E-state index contributed by atoms with van der Waals surface area (Å²) >= 11 is 0. The van der Waals surface area contributed by atoms with Crippen LogP contribution >= 0.6 is 0 Å². The van der Waals surface area contributed by atoms with Gasteiger partial charge in [-0.05, 0) is 66.6 Å². The molecule has 10 nitrogen and oxygen atoms in total. The molecule has 11 heteroatoms. The first-order valence-corrected chi connectivity index (χ1v) is 12.8. The topological polar surface area (TPSA) is 132 Å². The lowest BCUT2D eigenvalue weighted by atomic mass is 10.1. The molecule has 0 spiro atoms. The molecule has 3 N–H and O–H groups in total. The lowest BCUT2D eigenvalue weighted by Gasteiger charge is -2.11. The van der Waals surface area contributed by atoms with Crippen molar-refractivity contribution in [3.8, 4) is 17.2 Å². The highest BCUT2D eigenvalue weighted by Crippen LogP contribution is 2.27. The standard InChI is InChI=1S/C26H29N3O7S/c1-18(30)28-20-5-4-6-21(16-20)29-26(31)17-36-22-8-10-23(11-9-22)37(32,33)27-14-13-19-7-12-24(34-2)25(15-19)35-3/h4-12,15-16,27H,13-14,17H2,1-3H3,(H,28,30)(H,29,31). The lowest BCUT2D eigenvalue weighted by molar-refractivity contribution is -0.118. The molecule has 0 unspecified atom stereocenters. The summed E-state index contributed by atoms with van der Waals surface area (Å²) in [5, 5.41) is 5.31. The Hall–Kier alpha value is -4.09. The summed E-state index contributed by atoms with van der Waals surface area (Å²) in [4.78, 5) is 23.5. The quantitative estimate of drug-likeness (QED) is 0.330. The van der Waals surface area contributed by atoms with Gasteiger partial charge in [0, 0.05) is 24.8 Å². The molecular weight excluding hydrogens is 498 g/mol. The summed E-state index contributed by atoms with van der Waals surface area (Å²) < 4.78 is 43.8. The van der Waals surface area contributed by atoms with Crippen LogP contribution in [-0.4, -0.2) is 47.6 Å². The van der Waals surface area contributed by atoms with E-state index in [1.807, 2.05) is 6.07 Å². The van der Waals surface area contributed by atoms with Crippen molar-refractivity contribution in [2.75, 3.05) is 38.0 Å². The third-order valence-electron chi connectivity index (χ3n) is 5.12. The fourth-order valence-electron chi connectivity index (χ4n) is 3.39. The van der Waals surface area contributed by atoms with Crippen LogP contribution in [-0.2, 0) is 26.0 Å². The van der Waals surface area contributed by atoms with E-state index in [9.17, 15) is 18.0 Å². The van der Waals surface area contributed by atoms with Crippen LogP contribution in [0, 0.1) is 0 Å². The Kier molecular flexibility index (Phi) is 9.47. The van der Waals surface area contributed by atoms with Crippen molar-refractivity contribution in [2.45, 2.75) is 18.2 Å². The smallest absolute Gasteiger partial charge is 0.262 e. The van der Waals surface area contributed by atoms with Crippen molar-refractivity contribution >= 4 is 33.2 Å². The van der Waals surface area contributed by atoms with Gasteiger partial charge in [-0.15, -0.1) is 0 Å². The molecule has 3 aromatic carbocycles. The Morgan fingerprint density at radius 3 is 2.16 bits per heavy atom. The second kappa shape index (κ2) is 12.7. The van der Waals surface area contributed by atoms with Crippen LogP contribution in [0.4, 0.5) is 11.4 Å². The van der Waals surface area contributed by atoms with E-state index in [0.717, 1.165) is 5.56 Å². The molecular formula is C26H29N3O7S. The van der Waals surface area contributed by atoms with Crippen LogP contribution in [0.1, 0.15) is 12.5 Å². The number of hydrogen-bond donors (Lipinski definition) is 3. The van der Waals surface area contributed by atoms with Gasteiger partial charge in [-0.1, -0.05) is 12.1 Å². The first kappa shape index (κ1) is 27.5. The summed E-state index contributed by atoms with van der Waals surface area (Å²) in [7, 11) is -0.643. The van der Waals surface area contributed by atoms with Gasteiger partial charge in [0.25, 0.3) is 5.91 Å². The average Bonchev–Trinajstić information content (AvgIpc) is 2.87. The van der Waals surface area contributed by atoms with Gasteiger partial charge in [0.15, 0.2) is 18.1 Å². The predicted octanol–water partition coefficient (Wildman–Crippen LogP) is 3.20. The highest BCUT2D eigenvalue weighted by atomic mass is 32.2. The summed E-state index contributed by atoms with van der Waals surface area (Å²) in [5.41, 5.74) is 1.95. The maximum absolute atomic E-state index is 12.6. The van der Waals surface area contributed by atoms with E-state index in [4.69, 9.17) is 14.2 Å². The maximum atomic E-state index is 12.6. The SMILES string of the molecule is COc1ccc(CCNS(=O)(=O)c2ccc(OCC(=O)Nc3cccc(NC(C)=O)c3)cc2)cc1OC. The normalized spacial score (nSPS) is 10.9. The van der Waals surface area contributed by atoms with Gasteiger partial charge in [0.1, 0.15) is 5.75 Å². The van der Waals surface area contributed by atoms with Gasteiger partial charge in [-0.2, -0.15) is 0 Å². The number of amides is 2. The highest BCUT2D eigenvalue weighted by molar-refractivity contribution is 7.89. The molecule has 0 aliphatic rings. The third kappa shape index (κ3) is 8.23. The summed E-state index contributed by atoms with van der Waals surface area (Å²) in [6.45, 7) is 1.31. The lowest BCUT2D eigenvalue weighted by Crippen LogP contribution is -2.26. The second-order valence-electron chi connectivity index (χ2n) is 7.91. The third-order valence-corrected chi connectivity index (χ3v) is 6.60. The zero-order valence-corrected chi connectivity index (χ0v) is 21.6. The number of carbonyl (C=O) groups excluding carboxylic acids is 2. The number of anilines is 2. The number of nitrogens with one attached hydrogen (secondary N) is 3. The molecule has 0 aromatic heterocycles. The van der Waals surface area contributed by atoms with E-state index in [0.29, 0.717) is 35.0 Å². The average molecular weight is 528 g/mol. The monoisotopic (exact) mass is 527 g/mol. The van der Waals surface area contributed by atoms with E-state index in [1.165, 1.54) is 38.3 Å². The Morgan fingerprint density at radius 2 is 1.51 bits per heavy atom. The van der Waals surface area contributed by atoms with Crippen LogP contribution in [0.3, 0.4) is 0 Å². The molecule has 196 valence electrons. The highest BCUT2D eigenvalue weighted by Gasteiger charge is 2.14. The molecule has 0 heterocycles. The number of methoxy groups -OCH3 is 2. The van der Waals surface area contributed by atoms with E-state index < -0.39 is 15.9 Å². The van der Waals surface area contributed by atoms with E-state index in [-0.39, 0.29) is 24.0 Å². The number of ether oxygens (including phenoxy) is 3. The van der Waals surface area contributed by atoms with Crippen molar-refractivity contribution in [2.24, 2.45) is 0 Å². The number of sulfonamides is 1. The second-order valence-corrected chi connectivity index (χ2v) is 9.67. The molecule has 0 aliphatic heterocycles. The van der Waals surface area contributed by atoms with Crippen LogP contribution < -0.4 is 29.6 Å². The van der Waals surface area contributed by atoms with Gasteiger partial charge in [-0.25, -0.2) is 13.1 Å². The first-order valence-electron chi connectivity index (χ1n) is 11.3. The largest absolute Gasteiger partial charge is 0.493 e. The number of carbonyl (C=O) groups is 2. The van der Waals surface area contributed by atoms with Crippen molar-refractivity contribution in [3.05, 3.63) is 72.3 Å². The van der Waals surface area contributed by atoms with E-state index in [2.05, 4.69) is 15.4 Å². The predicted molar refractivity (Wildman–Crippen MR) is 140 cm³/mol. The van der Waals surface area contributed by atoms with Crippen LogP contribution in [0.25, 0.3) is 0 Å². The van der Waals surface area contributed by atoms with Crippen molar-refractivity contribution in [3.63, 3.8) is 0 Å². The van der Waals surface area contributed by atoms with E-state index >= 15 is 0 Å². The zero-order valence-electron chi connectivity index (χ0n) is 20.7. The van der Waals surface area contributed by atoms with Gasteiger partial charge in [-0.3, -0.25) is 9.59 Å². The Labute approximate surface area is 216 Å². The molecule has 37 heavy (non-hydrogen) atoms. The first-order chi connectivity index (χ1) is 17.7. The van der Waals surface area contributed by atoms with Crippen LogP contribution in [0.15, 0.2) is 71.6 Å². The summed E-state index contributed by atoms with van der Waals surface area (Å²) in [6, 6.07) is 17.9. The summed E-state index contributed by atoms with van der Waals surface area (Å²) in [6.07, 6.45) is 0.462. The maximum Gasteiger partial charge on any atom is 0.262 e. The molecule has 0 saturated heterocycles. The zero-order chi connectivity index (χ0) is 26.8. The van der Waals surface area contributed by atoms with Gasteiger partial charge >= 0.3 is 0 Å². The fraction of sp³-hybridized carbons (Fsp3) is 0.231. The Bertz CT molecular complexity index is 1340. The Balaban J connectivity index is 1.49. The number of benzene rings is 3. The molecule has 0 fully saturated rings. The molecule has 3 aromatic rings. The van der Waals surface area contributed by atoms with Crippen LogP contribution in [0.5, 0.6) is 17.2 Å². The summed E-state index contributed by atoms with van der Waals surface area (Å²) in [5.74, 6) is 0.888. The minimum Gasteiger partial charge on any atom is -0.493 e. The number of hydrogen-bond acceptors (Lipinski definition) is 7.